The number of nitrogens with zero attached hydrogens (tertiary/aromatic N) is 1. The monoisotopic (exact) mass is 268 g/mol. The summed E-state index contributed by atoms with van der Waals surface area (Å²) in [5.74, 6) is -0.845. The molecule has 1 aliphatic rings. The summed E-state index contributed by atoms with van der Waals surface area (Å²) >= 11 is 1.50. The Labute approximate surface area is 112 Å². The highest BCUT2D eigenvalue weighted by Gasteiger charge is 2.17. The maximum Gasteiger partial charge on any atom is 0.336 e. The van der Waals surface area contributed by atoms with E-state index < -0.39 is 5.97 Å². The van der Waals surface area contributed by atoms with Crippen LogP contribution in [0.2, 0.25) is 0 Å². The van der Waals surface area contributed by atoms with Gasteiger partial charge in [0, 0.05) is 29.4 Å². The van der Waals surface area contributed by atoms with E-state index in [-0.39, 0.29) is 0 Å². The molecule has 5 heteroatoms. The third-order valence-electron chi connectivity index (χ3n) is 3.40. The number of aromatic carboxylic acids is 1. The topological polar surface area (TPSA) is 52.6 Å². The number of carboxylic acids is 1. The maximum atomic E-state index is 10.7. The van der Waals surface area contributed by atoms with Crippen LogP contribution in [0, 0.1) is 0 Å². The molecule has 0 bridgehead atoms. The molecule has 2 heterocycles. The Morgan fingerprint density at radius 1 is 1.56 bits per heavy atom. The van der Waals surface area contributed by atoms with Gasteiger partial charge in [0.15, 0.2) is 0 Å². The molecule has 1 unspecified atom stereocenters. The van der Waals surface area contributed by atoms with Crippen LogP contribution < -0.4 is 5.32 Å². The molecule has 4 nitrogen and oxygen atoms in total. The van der Waals surface area contributed by atoms with Crippen molar-refractivity contribution < 1.29 is 9.90 Å². The van der Waals surface area contributed by atoms with Crippen molar-refractivity contribution in [2.75, 3.05) is 19.6 Å². The second-order valence-corrected chi connectivity index (χ2v) is 5.83. The Bertz CT molecular complexity index is 399. The fourth-order valence-electron chi connectivity index (χ4n) is 2.30. The minimum atomic E-state index is -0.845. The van der Waals surface area contributed by atoms with E-state index >= 15 is 0 Å². The third kappa shape index (κ3) is 3.54. The van der Waals surface area contributed by atoms with Gasteiger partial charge in [0.25, 0.3) is 0 Å². The first-order chi connectivity index (χ1) is 8.66. The summed E-state index contributed by atoms with van der Waals surface area (Å²) in [4.78, 5) is 14.3. The van der Waals surface area contributed by atoms with E-state index in [9.17, 15) is 4.79 Å². The minimum Gasteiger partial charge on any atom is -0.478 e. The fourth-order valence-corrected chi connectivity index (χ4v) is 3.13. The lowest BCUT2D eigenvalue weighted by Crippen LogP contribution is -2.38. The Hall–Kier alpha value is -0.910. The van der Waals surface area contributed by atoms with Crippen LogP contribution in [-0.4, -0.2) is 41.7 Å². The average molecular weight is 268 g/mol. The van der Waals surface area contributed by atoms with Crippen molar-refractivity contribution in [3.8, 4) is 0 Å². The minimum absolute atomic E-state index is 0.393. The van der Waals surface area contributed by atoms with Gasteiger partial charge in [0.05, 0.1) is 5.56 Å². The molecule has 2 N–H and O–H groups in total. The summed E-state index contributed by atoms with van der Waals surface area (Å²) in [5.41, 5.74) is 0.393. The first kappa shape index (κ1) is 13.5. The molecule has 0 aromatic carbocycles. The predicted molar refractivity (Wildman–Crippen MR) is 73.3 cm³/mol. The zero-order valence-electron chi connectivity index (χ0n) is 10.7. The molecule has 1 aliphatic heterocycles. The van der Waals surface area contributed by atoms with Gasteiger partial charge in [-0.2, -0.15) is 0 Å². The van der Waals surface area contributed by atoms with Gasteiger partial charge in [-0.1, -0.05) is 0 Å². The quantitative estimate of drug-likeness (QED) is 0.829. The molecule has 100 valence electrons. The number of carbonyl (C=O) groups is 1. The number of nitrogens with one attached hydrogen (secondary N) is 1. The highest BCUT2D eigenvalue weighted by Crippen LogP contribution is 2.15. The third-order valence-corrected chi connectivity index (χ3v) is 4.34. The van der Waals surface area contributed by atoms with Crippen LogP contribution in [0.5, 0.6) is 0 Å². The Kier molecular flexibility index (Phi) is 4.74. The van der Waals surface area contributed by atoms with Crippen LogP contribution in [0.3, 0.4) is 0 Å². The predicted octanol–water partition coefficient (Wildman–Crippen LogP) is 2.02. The van der Waals surface area contributed by atoms with Crippen LogP contribution in [0.4, 0.5) is 0 Å². The van der Waals surface area contributed by atoms with Crippen LogP contribution in [-0.2, 0) is 6.54 Å². The summed E-state index contributed by atoms with van der Waals surface area (Å²) in [5, 5.41) is 13.9. The van der Waals surface area contributed by atoms with E-state index in [0.29, 0.717) is 11.6 Å². The molecule has 1 saturated heterocycles. The standard InChI is InChI=1S/C13H20N2O2S/c1-10(15-4-2-3-5-15)7-14-8-12-6-11(9-18-12)13(16)17/h6,9-10,14H,2-5,7-8H2,1H3,(H,16,17). The summed E-state index contributed by atoms with van der Waals surface area (Å²) in [6, 6.07) is 2.31. The van der Waals surface area contributed by atoms with Crippen LogP contribution >= 0.6 is 11.3 Å². The van der Waals surface area contributed by atoms with Crippen LogP contribution in [0.25, 0.3) is 0 Å². The lowest BCUT2D eigenvalue weighted by molar-refractivity contribution is 0.0697. The molecule has 2 rings (SSSR count). The summed E-state index contributed by atoms with van der Waals surface area (Å²) in [6.45, 7) is 6.39. The molecular formula is C13H20N2O2S. The lowest BCUT2D eigenvalue weighted by Gasteiger charge is -2.23. The van der Waals surface area contributed by atoms with Gasteiger partial charge in [-0.15, -0.1) is 11.3 Å². The molecule has 0 aliphatic carbocycles. The number of hydrogen-bond donors (Lipinski definition) is 2. The molecule has 1 aromatic heterocycles. The van der Waals surface area contributed by atoms with Crippen LogP contribution in [0.1, 0.15) is 35.0 Å². The zero-order chi connectivity index (χ0) is 13.0. The van der Waals surface area contributed by atoms with E-state index in [1.807, 2.05) is 0 Å². The van der Waals surface area contributed by atoms with Gasteiger partial charge in [0.1, 0.15) is 0 Å². The van der Waals surface area contributed by atoms with Crippen molar-refractivity contribution in [3.05, 3.63) is 21.9 Å². The molecule has 0 radical (unpaired) electrons. The van der Waals surface area contributed by atoms with Gasteiger partial charge < -0.3 is 10.4 Å². The zero-order valence-corrected chi connectivity index (χ0v) is 11.5. The van der Waals surface area contributed by atoms with E-state index in [4.69, 9.17) is 5.11 Å². The van der Waals surface area contributed by atoms with E-state index in [1.165, 1.54) is 37.3 Å². The number of carboxylic acid groups (broad SMARTS) is 1. The first-order valence-corrected chi connectivity index (χ1v) is 7.30. The van der Waals surface area contributed by atoms with E-state index in [0.717, 1.165) is 18.0 Å². The molecule has 18 heavy (non-hydrogen) atoms. The van der Waals surface area contributed by atoms with Gasteiger partial charge in [-0.25, -0.2) is 4.79 Å². The summed E-state index contributed by atoms with van der Waals surface area (Å²) in [7, 11) is 0. The van der Waals surface area contributed by atoms with Gasteiger partial charge in [-0.3, -0.25) is 4.90 Å². The molecule has 1 atom stereocenters. The fraction of sp³-hybridized carbons (Fsp3) is 0.615. The van der Waals surface area contributed by atoms with Crippen molar-refractivity contribution >= 4 is 17.3 Å². The maximum absolute atomic E-state index is 10.7. The highest BCUT2D eigenvalue weighted by atomic mass is 32.1. The summed E-state index contributed by atoms with van der Waals surface area (Å²) < 4.78 is 0. The largest absolute Gasteiger partial charge is 0.478 e. The highest BCUT2D eigenvalue weighted by molar-refractivity contribution is 7.10. The second kappa shape index (κ2) is 6.31. The lowest BCUT2D eigenvalue weighted by atomic mass is 10.3. The molecular weight excluding hydrogens is 248 g/mol. The molecule has 0 amide bonds. The number of thiophene rings is 1. The normalized spacial score (nSPS) is 18.1. The summed E-state index contributed by atoms with van der Waals surface area (Å²) in [6.07, 6.45) is 2.63. The number of hydrogen-bond acceptors (Lipinski definition) is 4. The van der Waals surface area contributed by atoms with Crippen LogP contribution in [0.15, 0.2) is 11.4 Å². The van der Waals surface area contributed by atoms with Crippen molar-refractivity contribution in [1.29, 1.82) is 0 Å². The number of rotatable bonds is 6. The Morgan fingerprint density at radius 3 is 2.89 bits per heavy atom. The smallest absolute Gasteiger partial charge is 0.336 e. The van der Waals surface area contributed by atoms with E-state index in [2.05, 4.69) is 17.1 Å². The van der Waals surface area contributed by atoms with Crippen molar-refractivity contribution in [2.45, 2.75) is 32.4 Å². The second-order valence-electron chi connectivity index (χ2n) is 4.83. The Balaban J connectivity index is 1.72. The first-order valence-electron chi connectivity index (χ1n) is 6.42. The van der Waals surface area contributed by atoms with Crippen molar-refractivity contribution in [3.63, 3.8) is 0 Å². The van der Waals surface area contributed by atoms with Crippen molar-refractivity contribution in [2.24, 2.45) is 0 Å². The molecule has 1 fully saturated rings. The molecule has 0 spiro atoms. The van der Waals surface area contributed by atoms with Crippen molar-refractivity contribution in [1.82, 2.24) is 10.2 Å². The molecule has 0 saturated carbocycles. The number of likely N-dealkylation sites (tertiary alicyclic amines) is 1. The Morgan fingerprint density at radius 2 is 2.28 bits per heavy atom. The van der Waals surface area contributed by atoms with Gasteiger partial charge in [0.2, 0.25) is 0 Å². The van der Waals surface area contributed by atoms with E-state index in [1.54, 1.807) is 11.4 Å². The van der Waals surface area contributed by atoms with Gasteiger partial charge >= 0.3 is 5.97 Å². The SMILES string of the molecule is CC(CNCc1cc(C(=O)O)cs1)N1CCCC1. The molecule has 1 aromatic rings. The average Bonchev–Trinajstić information content (AvgIpc) is 3.00. The van der Waals surface area contributed by atoms with Gasteiger partial charge in [-0.05, 0) is 38.9 Å².